The van der Waals surface area contributed by atoms with Gasteiger partial charge in [0.25, 0.3) is 0 Å². The van der Waals surface area contributed by atoms with Crippen LogP contribution in [0.4, 0.5) is 4.39 Å². The maximum absolute atomic E-state index is 13.8. The van der Waals surface area contributed by atoms with Crippen molar-refractivity contribution in [3.63, 3.8) is 0 Å². The van der Waals surface area contributed by atoms with Crippen molar-refractivity contribution < 1.29 is 13.9 Å². The summed E-state index contributed by atoms with van der Waals surface area (Å²) in [6.45, 7) is 5.77. The van der Waals surface area contributed by atoms with Crippen LogP contribution in [0.25, 0.3) is 0 Å². The molecule has 0 radical (unpaired) electrons. The first-order valence-electron chi connectivity index (χ1n) is 5.83. The third kappa shape index (κ3) is 4.07. The molecule has 1 aromatic rings. The average molecular weight is 318 g/mol. The smallest absolute Gasteiger partial charge is 0.327 e. The van der Waals surface area contributed by atoms with Crippen LogP contribution in [0.1, 0.15) is 32.4 Å². The third-order valence-electron chi connectivity index (χ3n) is 2.29. The van der Waals surface area contributed by atoms with E-state index in [9.17, 15) is 9.18 Å². The Hall–Kier alpha value is -0.940. The number of halogens is 2. The standard InChI is InChI=1S/C13H17BrFNO2/c1-4-18-13(17)12(16-8(2)3)10-7-9(14)5-6-11(10)15/h5-8,12,16H,4H2,1-3H3. The molecule has 0 aliphatic rings. The predicted octanol–water partition coefficient (Wildman–Crippen LogP) is 3.19. The highest BCUT2D eigenvalue weighted by molar-refractivity contribution is 9.10. The lowest BCUT2D eigenvalue weighted by Gasteiger charge is -2.20. The molecule has 0 spiro atoms. The number of hydrogen-bond acceptors (Lipinski definition) is 3. The van der Waals surface area contributed by atoms with Gasteiger partial charge in [0.05, 0.1) is 6.61 Å². The highest BCUT2D eigenvalue weighted by Crippen LogP contribution is 2.23. The lowest BCUT2D eigenvalue weighted by molar-refractivity contribution is -0.146. The van der Waals surface area contributed by atoms with E-state index in [1.165, 1.54) is 6.07 Å². The molecule has 1 unspecified atom stereocenters. The predicted molar refractivity (Wildman–Crippen MR) is 71.7 cm³/mol. The molecular weight excluding hydrogens is 301 g/mol. The molecule has 5 heteroatoms. The molecule has 18 heavy (non-hydrogen) atoms. The highest BCUT2D eigenvalue weighted by Gasteiger charge is 2.25. The fourth-order valence-electron chi connectivity index (χ4n) is 1.58. The van der Waals surface area contributed by atoms with Crippen LogP contribution in [-0.2, 0) is 9.53 Å². The van der Waals surface area contributed by atoms with Crippen LogP contribution in [-0.4, -0.2) is 18.6 Å². The first-order chi connectivity index (χ1) is 8.45. The Balaban J connectivity index is 3.08. The van der Waals surface area contributed by atoms with E-state index in [1.807, 2.05) is 13.8 Å². The number of ether oxygens (including phenoxy) is 1. The van der Waals surface area contributed by atoms with Crippen LogP contribution in [0.15, 0.2) is 22.7 Å². The van der Waals surface area contributed by atoms with Crippen LogP contribution in [0.5, 0.6) is 0 Å². The van der Waals surface area contributed by atoms with E-state index in [4.69, 9.17) is 4.74 Å². The Bertz CT molecular complexity index is 423. The van der Waals surface area contributed by atoms with Gasteiger partial charge >= 0.3 is 5.97 Å². The normalized spacial score (nSPS) is 12.6. The summed E-state index contributed by atoms with van der Waals surface area (Å²) in [5.74, 6) is -0.896. The average Bonchev–Trinajstić information content (AvgIpc) is 2.29. The first kappa shape index (κ1) is 15.1. The van der Waals surface area contributed by atoms with Gasteiger partial charge < -0.3 is 4.74 Å². The van der Waals surface area contributed by atoms with Crippen LogP contribution in [0.2, 0.25) is 0 Å². The van der Waals surface area contributed by atoms with E-state index < -0.39 is 17.8 Å². The second kappa shape index (κ2) is 6.85. The number of benzene rings is 1. The molecule has 0 amide bonds. The molecule has 100 valence electrons. The van der Waals surface area contributed by atoms with E-state index in [0.29, 0.717) is 0 Å². The Morgan fingerprint density at radius 3 is 2.72 bits per heavy atom. The van der Waals surface area contributed by atoms with Gasteiger partial charge in [0.2, 0.25) is 0 Å². The summed E-state index contributed by atoms with van der Waals surface area (Å²) < 4.78 is 19.5. The fourth-order valence-corrected chi connectivity index (χ4v) is 1.96. The Labute approximate surface area is 115 Å². The molecule has 0 aliphatic heterocycles. The SMILES string of the molecule is CCOC(=O)C(NC(C)C)c1cc(Br)ccc1F. The summed E-state index contributed by atoms with van der Waals surface area (Å²) in [5, 5.41) is 3.01. The summed E-state index contributed by atoms with van der Waals surface area (Å²) in [7, 11) is 0. The van der Waals surface area contributed by atoms with Gasteiger partial charge in [-0.15, -0.1) is 0 Å². The number of nitrogens with one attached hydrogen (secondary N) is 1. The van der Waals surface area contributed by atoms with Gasteiger partial charge in [0, 0.05) is 16.1 Å². The van der Waals surface area contributed by atoms with Gasteiger partial charge in [-0.25, -0.2) is 9.18 Å². The molecule has 0 aliphatic carbocycles. The maximum atomic E-state index is 13.8. The minimum atomic E-state index is -0.789. The van der Waals surface area contributed by atoms with Gasteiger partial charge in [-0.1, -0.05) is 15.9 Å². The summed E-state index contributed by atoms with van der Waals surface area (Å²) in [5.41, 5.74) is 0.288. The molecule has 1 atom stereocenters. The van der Waals surface area contributed by atoms with Crippen LogP contribution < -0.4 is 5.32 Å². The van der Waals surface area contributed by atoms with Crippen LogP contribution >= 0.6 is 15.9 Å². The molecule has 1 aromatic carbocycles. The van der Waals surface area contributed by atoms with E-state index in [-0.39, 0.29) is 18.2 Å². The largest absolute Gasteiger partial charge is 0.465 e. The summed E-state index contributed by atoms with van der Waals surface area (Å²) >= 11 is 3.27. The van der Waals surface area contributed by atoms with Gasteiger partial charge in [0.1, 0.15) is 11.9 Å². The zero-order valence-electron chi connectivity index (χ0n) is 10.7. The molecule has 0 fully saturated rings. The molecule has 3 nitrogen and oxygen atoms in total. The zero-order chi connectivity index (χ0) is 13.7. The Morgan fingerprint density at radius 2 is 2.17 bits per heavy atom. The second-order valence-corrected chi connectivity index (χ2v) is 5.09. The molecule has 1 N–H and O–H groups in total. The van der Waals surface area contributed by atoms with Gasteiger partial charge in [0.15, 0.2) is 0 Å². The second-order valence-electron chi connectivity index (χ2n) is 4.17. The van der Waals surface area contributed by atoms with Crippen molar-refractivity contribution in [1.82, 2.24) is 5.32 Å². The number of carbonyl (C=O) groups excluding carboxylic acids is 1. The van der Waals surface area contributed by atoms with Gasteiger partial charge in [-0.3, -0.25) is 5.32 Å². The molecule has 0 saturated carbocycles. The van der Waals surface area contributed by atoms with Crippen molar-refractivity contribution >= 4 is 21.9 Å². The Kier molecular flexibility index (Phi) is 5.75. The van der Waals surface area contributed by atoms with Crippen molar-refractivity contribution in [2.45, 2.75) is 32.9 Å². The van der Waals surface area contributed by atoms with E-state index in [2.05, 4.69) is 21.2 Å². The summed E-state index contributed by atoms with van der Waals surface area (Å²) in [6.07, 6.45) is 0. The first-order valence-corrected chi connectivity index (χ1v) is 6.62. The summed E-state index contributed by atoms with van der Waals surface area (Å²) in [4.78, 5) is 11.9. The number of hydrogen-bond donors (Lipinski definition) is 1. The number of rotatable bonds is 5. The number of carbonyl (C=O) groups is 1. The van der Waals surface area contributed by atoms with Crippen molar-refractivity contribution in [2.24, 2.45) is 0 Å². The van der Waals surface area contributed by atoms with Crippen molar-refractivity contribution in [2.75, 3.05) is 6.61 Å². The van der Waals surface area contributed by atoms with Crippen molar-refractivity contribution in [3.05, 3.63) is 34.1 Å². The molecule has 0 saturated heterocycles. The molecule has 0 aromatic heterocycles. The zero-order valence-corrected chi connectivity index (χ0v) is 12.3. The monoisotopic (exact) mass is 317 g/mol. The van der Waals surface area contributed by atoms with E-state index >= 15 is 0 Å². The topological polar surface area (TPSA) is 38.3 Å². The lowest BCUT2D eigenvalue weighted by Crippen LogP contribution is -2.35. The molecule has 0 bridgehead atoms. The van der Waals surface area contributed by atoms with Crippen molar-refractivity contribution in [1.29, 1.82) is 0 Å². The fraction of sp³-hybridized carbons (Fsp3) is 0.462. The van der Waals surface area contributed by atoms with Crippen LogP contribution in [0.3, 0.4) is 0 Å². The maximum Gasteiger partial charge on any atom is 0.327 e. The van der Waals surface area contributed by atoms with E-state index in [1.54, 1.807) is 19.1 Å². The molecule has 1 rings (SSSR count). The van der Waals surface area contributed by atoms with Gasteiger partial charge in [-0.05, 0) is 39.0 Å². The minimum absolute atomic E-state index is 0.0396. The molecular formula is C13H17BrFNO2. The number of esters is 1. The Morgan fingerprint density at radius 1 is 1.50 bits per heavy atom. The highest BCUT2D eigenvalue weighted by atomic mass is 79.9. The van der Waals surface area contributed by atoms with Crippen molar-refractivity contribution in [3.8, 4) is 0 Å². The molecule has 0 heterocycles. The third-order valence-corrected chi connectivity index (χ3v) is 2.78. The summed E-state index contributed by atoms with van der Waals surface area (Å²) in [6, 6.07) is 3.76. The lowest BCUT2D eigenvalue weighted by atomic mass is 10.1. The minimum Gasteiger partial charge on any atom is -0.465 e. The van der Waals surface area contributed by atoms with Gasteiger partial charge in [-0.2, -0.15) is 0 Å². The quantitative estimate of drug-likeness (QED) is 0.848. The van der Waals surface area contributed by atoms with Crippen LogP contribution in [0, 0.1) is 5.82 Å². The van der Waals surface area contributed by atoms with E-state index in [0.717, 1.165) is 4.47 Å².